The molecule has 8 nitrogen and oxygen atoms in total. The lowest BCUT2D eigenvalue weighted by molar-refractivity contribution is -0.137. The fourth-order valence-electron chi connectivity index (χ4n) is 2.92. The number of anilines is 1. The zero-order valence-corrected chi connectivity index (χ0v) is 16.0. The molecule has 27 heavy (non-hydrogen) atoms. The second-order valence-corrected chi connectivity index (χ2v) is 6.26. The third kappa shape index (κ3) is 6.66. The van der Waals surface area contributed by atoms with Crippen molar-refractivity contribution < 1.29 is 23.8 Å². The summed E-state index contributed by atoms with van der Waals surface area (Å²) in [4.78, 5) is 26.2. The summed E-state index contributed by atoms with van der Waals surface area (Å²) in [6.07, 6.45) is 0.320. The van der Waals surface area contributed by atoms with Crippen molar-refractivity contribution in [2.45, 2.75) is 12.5 Å². The number of ether oxygens (including phenoxy) is 3. The van der Waals surface area contributed by atoms with Gasteiger partial charge >= 0.3 is 0 Å². The van der Waals surface area contributed by atoms with Crippen LogP contribution in [0.4, 0.5) is 5.69 Å². The van der Waals surface area contributed by atoms with Crippen molar-refractivity contribution in [3.05, 3.63) is 24.3 Å². The molecule has 150 valence electrons. The van der Waals surface area contributed by atoms with E-state index < -0.39 is 0 Å². The van der Waals surface area contributed by atoms with Crippen molar-refractivity contribution in [3.8, 4) is 5.75 Å². The Hall–Kier alpha value is -1.87. The number of halogens is 1. The van der Waals surface area contributed by atoms with Crippen molar-refractivity contribution in [3.63, 3.8) is 0 Å². The number of para-hydroxylation sites is 2. The van der Waals surface area contributed by atoms with E-state index in [0.29, 0.717) is 57.4 Å². The maximum atomic E-state index is 12.3. The number of rotatable bonds is 6. The zero-order valence-electron chi connectivity index (χ0n) is 15.1. The van der Waals surface area contributed by atoms with Crippen LogP contribution in [0, 0.1) is 0 Å². The van der Waals surface area contributed by atoms with E-state index in [1.165, 1.54) is 0 Å². The minimum Gasteiger partial charge on any atom is -0.482 e. The van der Waals surface area contributed by atoms with Crippen LogP contribution in [-0.2, 0) is 19.1 Å². The summed E-state index contributed by atoms with van der Waals surface area (Å²) >= 11 is 0. The molecular formula is C18H26ClN3O5. The van der Waals surface area contributed by atoms with Gasteiger partial charge in [0.05, 0.1) is 32.1 Å². The van der Waals surface area contributed by atoms with Crippen molar-refractivity contribution >= 4 is 29.9 Å². The highest BCUT2D eigenvalue weighted by Crippen LogP contribution is 2.24. The molecule has 0 aromatic heterocycles. The molecule has 0 saturated carbocycles. The van der Waals surface area contributed by atoms with Crippen molar-refractivity contribution in [2.24, 2.45) is 0 Å². The van der Waals surface area contributed by atoms with Gasteiger partial charge in [0.15, 0.2) is 6.61 Å². The summed E-state index contributed by atoms with van der Waals surface area (Å²) in [5.74, 6) is 0.275. The molecule has 0 radical (unpaired) electrons. The molecule has 2 saturated heterocycles. The highest BCUT2D eigenvalue weighted by molar-refractivity contribution is 5.92. The number of hydrogen-bond acceptors (Lipinski definition) is 6. The standard InChI is InChI=1S/C18H25N3O5.ClH/c22-17(11-14-12-25-8-5-19-14)20-15-3-1-2-4-16(15)26-13-18(23)21-6-9-24-10-7-21;/h1-4,14,19H,5-13H2,(H,20,22);1H. The number of benzene rings is 1. The fraction of sp³-hybridized carbons (Fsp3) is 0.556. The topological polar surface area (TPSA) is 89.1 Å². The van der Waals surface area contributed by atoms with Crippen LogP contribution in [0.2, 0.25) is 0 Å². The molecule has 0 spiro atoms. The van der Waals surface area contributed by atoms with E-state index in [9.17, 15) is 9.59 Å². The first-order valence-corrected chi connectivity index (χ1v) is 8.90. The molecule has 1 aromatic rings. The number of nitrogens with one attached hydrogen (secondary N) is 2. The van der Waals surface area contributed by atoms with Gasteiger partial charge in [0.25, 0.3) is 5.91 Å². The van der Waals surface area contributed by atoms with Crippen LogP contribution in [-0.4, -0.2) is 75.4 Å². The monoisotopic (exact) mass is 399 g/mol. The van der Waals surface area contributed by atoms with E-state index in [-0.39, 0.29) is 36.9 Å². The predicted molar refractivity (Wildman–Crippen MR) is 102 cm³/mol. The minimum atomic E-state index is -0.122. The Morgan fingerprint density at radius 2 is 1.96 bits per heavy atom. The highest BCUT2D eigenvalue weighted by Gasteiger charge is 2.19. The van der Waals surface area contributed by atoms with Crippen LogP contribution < -0.4 is 15.4 Å². The molecule has 1 aromatic carbocycles. The lowest BCUT2D eigenvalue weighted by Gasteiger charge is -2.27. The van der Waals surface area contributed by atoms with Crippen LogP contribution in [0.3, 0.4) is 0 Å². The first kappa shape index (κ1) is 21.4. The molecule has 1 atom stereocenters. The van der Waals surface area contributed by atoms with Crippen molar-refractivity contribution in [1.29, 1.82) is 0 Å². The van der Waals surface area contributed by atoms with E-state index in [2.05, 4.69) is 10.6 Å². The summed E-state index contributed by atoms with van der Waals surface area (Å²) in [5, 5.41) is 6.11. The molecule has 2 heterocycles. The minimum absolute atomic E-state index is 0. The van der Waals surface area contributed by atoms with Crippen LogP contribution in [0.15, 0.2) is 24.3 Å². The number of amides is 2. The number of nitrogens with zero attached hydrogens (tertiary/aromatic N) is 1. The van der Waals surface area contributed by atoms with Gasteiger partial charge in [-0.15, -0.1) is 12.4 Å². The van der Waals surface area contributed by atoms with Crippen LogP contribution in [0.1, 0.15) is 6.42 Å². The van der Waals surface area contributed by atoms with Gasteiger partial charge in [-0.25, -0.2) is 0 Å². The first-order chi connectivity index (χ1) is 12.7. The number of carbonyl (C=O) groups is 2. The molecule has 2 aliphatic rings. The number of carbonyl (C=O) groups excluding carboxylic acids is 2. The lowest BCUT2D eigenvalue weighted by Crippen LogP contribution is -2.43. The van der Waals surface area contributed by atoms with Gasteiger partial charge in [-0.05, 0) is 12.1 Å². The van der Waals surface area contributed by atoms with Crippen molar-refractivity contribution in [1.82, 2.24) is 10.2 Å². The third-order valence-electron chi connectivity index (χ3n) is 4.31. The third-order valence-corrected chi connectivity index (χ3v) is 4.31. The summed E-state index contributed by atoms with van der Waals surface area (Å²) < 4.78 is 16.3. The Balaban J connectivity index is 0.00000261. The fourth-order valence-corrected chi connectivity index (χ4v) is 2.92. The summed E-state index contributed by atoms with van der Waals surface area (Å²) in [6, 6.07) is 7.14. The smallest absolute Gasteiger partial charge is 0.260 e. The van der Waals surface area contributed by atoms with Gasteiger partial charge in [0.2, 0.25) is 5.91 Å². The second-order valence-electron chi connectivity index (χ2n) is 6.26. The summed E-state index contributed by atoms with van der Waals surface area (Å²) in [5.41, 5.74) is 0.559. The van der Waals surface area contributed by atoms with Gasteiger partial charge in [-0.2, -0.15) is 0 Å². The summed E-state index contributed by atoms with van der Waals surface area (Å²) in [7, 11) is 0. The maximum absolute atomic E-state index is 12.3. The van der Waals surface area contributed by atoms with E-state index in [4.69, 9.17) is 14.2 Å². The summed E-state index contributed by atoms with van der Waals surface area (Å²) in [6.45, 7) is 4.15. The normalized spacial score (nSPS) is 19.7. The van der Waals surface area contributed by atoms with Gasteiger partial charge in [-0.3, -0.25) is 9.59 Å². The van der Waals surface area contributed by atoms with Crippen LogP contribution >= 0.6 is 12.4 Å². The van der Waals surface area contributed by atoms with E-state index >= 15 is 0 Å². The SMILES string of the molecule is Cl.O=C(CC1COCCN1)Nc1ccccc1OCC(=O)N1CCOCC1. The Labute approximate surface area is 164 Å². The number of morpholine rings is 2. The quantitative estimate of drug-likeness (QED) is 0.730. The zero-order chi connectivity index (χ0) is 18.2. The average molecular weight is 400 g/mol. The molecular weight excluding hydrogens is 374 g/mol. The molecule has 0 bridgehead atoms. The molecule has 2 N–H and O–H groups in total. The molecule has 0 aliphatic carbocycles. The van der Waals surface area contributed by atoms with Gasteiger partial charge < -0.3 is 29.7 Å². The highest BCUT2D eigenvalue weighted by atomic mass is 35.5. The maximum Gasteiger partial charge on any atom is 0.260 e. The van der Waals surface area contributed by atoms with Gasteiger partial charge in [0.1, 0.15) is 5.75 Å². The Bertz CT molecular complexity index is 619. The molecule has 3 rings (SSSR count). The second kappa shape index (κ2) is 11.1. The van der Waals surface area contributed by atoms with E-state index in [0.717, 1.165) is 6.54 Å². The number of hydrogen-bond donors (Lipinski definition) is 2. The first-order valence-electron chi connectivity index (χ1n) is 8.90. The largest absolute Gasteiger partial charge is 0.482 e. The Morgan fingerprint density at radius 1 is 1.19 bits per heavy atom. The van der Waals surface area contributed by atoms with E-state index in [1.54, 1.807) is 23.1 Å². The van der Waals surface area contributed by atoms with Gasteiger partial charge in [-0.1, -0.05) is 12.1 Å². The lowest BCUT2D eigenvalue weighted by atomic mass is 10.2. The van der Waals surface area contributed by atoms with E-state index in [1.807, 2.05) is 6.07 Å². The predicted octanol–water partition coefficient (Wildman–Crippen LogP) is 0.663. The van der Waals surface area contributed by atoms with Crippen LogP contribution in [0.5, 0.6) is 5.75 Å². The van der Waals surface area contributed by atoms with Crippen molar-refractivity contribution in [2.75, 3.05) is 58.0 Å². The molecule has 1 unspecified atom stereocenters. The molecule has 2 amide bonds. The Morgan fingerprint density at radius 3 is 2.70 bits per heavy atom. The Kier molecular flexibility index (Phi) is 8.80. The van der Waals surface area contributed by atoms with Gasteiger partial charge in [0, 0.05) is 32.1 Å². The molecule has 2 fully saturated rings. The average Bonchev–Trinajstić information content (AvgIpc) is 2.68. The molecule has 2 aliphatic heterocycles. The molecule has 9 heteroatoms. The van der Waals surface area contributed by atoms with Crippen LogP contribution in [0.25, 0.3) is 0 Å².